The maximum atomic E-state index is 13.0. The molecule has 2 amide bonds. The van der Waals surface area contributed by atoms with Gasteiger partial charge in [0.25, 0.3) is 0 Å². The van der Waals surface area contributed by atoms with Crippen LogP contribution in [-0.4, -0.2) is 85.0 Å². The lowest BCUT2D eigenvalue weighted by Crippen LogP contribution is -2.69. The summed E-state index contributed by atoms with van der Waals surface area (Å²) in [6, 6.07) is 4.64. The van der Waals surface area contributed by atoms with Crippen molar-refractivity contribution in [3.05, 3.63) is 35.6 Å². The second kappa shape index (κ2) is 7.09. The third kappa shape index (κ3) is 3.51. The van der Waals surface area contributed by atoms with Crippen LogP contribution in [0.15, 0.2) is 24.3 Å². The van der Waals surface area contributed by atoms with E-state index in [1.165, 1.54) is 26.2 Å². The molecule has 0 spiro atoms. The van der Waals surface area contributed by atoms with E-state index in [1.54, 1.807) is 12.1 Å². The highest BCUT2D eigenvalue weighted by molar-refractivity contribution is 7.88. The second-order valence-corrected chi connectivity index (χ2v) is 9.45. The lowest BCUT2D eigenvalue weighted by molar-refractivity contribution is -0.161. The molecule has 0 saturated carbocycles. The Kier molecular flexibility index (Phi) is 4.88. The summed E-state index contributed by atoms with van der Waals surface area (Å²) in [5.74, 6) is -0.700. The predicted molar refractivity (Wildman–Crippen MR) is 97.0 cm³/mol. The normalized spacial score (nSPS) is 28.4. The smallest absolute Gasteiger partial charge is 0.247 e. The van der Waals surface area contributed by atoms with E-state index in [2.05, 4.69) is 0 Å². The first-order chi connectivity index (χ1) is 13.2. The van der Waals surface area contributed by atoms with Gasteiger partial charge in [0.15, 0.2) is 0 Å². The van der Waals surface area contributed by atoms with Crippen LogP contribution in [0.3, 0.4) is 0 Å². The molecule has 3 fully saturated rings. The first kappa shape index (κ1) is 19.3. The first-order valence-corrected chi connectivity index (χ1v) is 11.0. The Hall–Kier alpha value is -2.04. The largest absolute Gasteiger partial charge is 0.372 e. The zero-order chi connectivity index (χ0) is 20.1. The van der Waals surface area contributed by atoms with Crippen molar-refractivity contribution in [1.29, 1.82) is 0 Å². The number of hydrogen-bond acceptors (Lipinski definition) is 5. The fraction of sp³-hybridized carbons (Fsp3) is 0.556. The molecule has 1 aromatic carbocycles. The van der Waals surface area contributed by atoms with Gasteiger partial charge in [0, 0.05) is 32.6 Å². The van der Waals surface area contributed by atoms with Crippen LogP contribution in [0.2, 0.25) is 0 Å². The van der Waals surface area contributed by atoms with Crippen molar-refractivity contribution in [3.8, 4) is 0 Å². The molecule has 0 aliphatic carbocycles. The molecule has 10 heteroatoms. The Morgan fingerprint density at radius 2 is 1.71 bits per heavy atom. The minimum Gasteiger partial charge on any atom is -0.372 e. The number of hydrogen-bond donors (Lipinski definition) is 0. The number of ether oxygens (including phenoxy) is 1. The quantitative estimate of drug-likeness (QED) is 0.685. The van der Waals surface area contributed by atoms with Crippen molar-refractivity contribution in [2.75, 3.05) is 32.4 Å². The number of benzene rings is 1. The number of halogens is 1. The standard InChI is InChI=1S/C18H22FN3O5S/c1-28(25,26)20-6-7-21-16(10-20)18(24)22-9-14(8-15(22)17(21)23)27-11-12-2-4-13(19)5-3-12/h2-5,14-16H,6-11H2,1H3/t14-,15+,16+/m1/s1. The molecule has 0 bridgehead atoms. The minimum atomic E-state index is -3.42. The zero-order valence-electron chi connectivity index (χ0n) is 15.5. The van der Waals surface area contributed by atoms with Gasteiger partial charge in [-0.1, -0.05) is 12.1 Å². The average molecular weight is 411 g/mol. The molecule has 4 rings (SSSR count). The average Bonchev–Trinajstić information content (AvgIpc) is 3.09. The van der Waals surface area contributed by atoms with E-state index in [4.69, 9.17) is 4.74 Å². The lowest BCUT2D eigenvalue weighted by Gasteiger charge is -2.46. The summed E-state index contributed by atoms with van der Waals surface area (Å²) in [4.78, 5) is 28.8. The van der Waals surface area contributed by atoms with Crippen molar-refractivity contribution >= 4 is 21.8 Å². The van der Waals surface area contributed by atoms with E-state index in [0.29, 0.717) is 13.0 Å². The Labute approximate surface area is 162 Å². The van der Waals surface area contributed by atoms with Crippen LogP contribution < -0.4 is 0 Å². The molecule has 0 aromatic heterocycles. The van der Waals surface area contributed by atoms with Gasteiger partial charge in [-0.05, 0) is 17.7 Å². The molecule has 3 aliphatic heterocycles. The van der Waals surface area contributed by atoms with Crippen LogP contribution in [0.4, 0.5) is 4.39 Å². The van der Waals surface area contributed by atoms with Crippen molar-refractivity contribution in [1.82, 2.24) is 14.1 Å². The van der Waals surface area contributed by atoms with E-state index in [9.17, 15) is 22.4 Å². The Bertz CT molecular complexity index is 891. The van der Waals surface area contributed by atoms with Gasteiger partial charge in [-0.25, -0.2) is 12.8 Å². The number of nitrogens with zero attached hydrogens (tertiary/aromatic N) is 3. The summed E-state index contributed by atoms with van der Waals surface area (Å²) >= 11 is 0. The van der Waals surface area contributed by atoms with Crippen molar-refractivity contribution in [3.63, 3.8) is 0 Å². The summed E-state index contributed by atoms with van der Waals surface area (Å²) in [5.41, 5.74) is 0.810. The molecule has 0 N–H and O–H groups in total. The molecule has 8 nitrogen and oxygen atoms in total. The van der Waals surface area contributed by atoms with Crippen LogP contribution in [0.1, 0.15) is 12.0 Å². The van der Waals surface area contributed by atoms with Crippen LogP contribution in [0.25, 0.3) is 0 Å². The van der Waals surface area contributed by atoms with Gasteiger partial charge in [0.2, 0.25) is 21.8 Å². The monoisotopic (exact) mass is 411 g/mol. The summed E-state index contributed by atoms with van der Waals surface area (Å²) < 4.78 is 43.7. The summed E-state index contributed by atoms with van der Waals surface area (Å²) in [6.07, 6.45) is 1.22. The number of carbonyl (C=O) groups is 2. The van der Waals surface area contributed by atoms with Crippen LogP contribution in [-0.2, 0) is 31.0 Å². The summed E-state index contributed by atoms with van der Waals surface area (Å²) in [7, 11) is -3.42. The molecular formula is C18H22FN3O5S. The van der Waals surface area contributed by atoms with Gasteiger partial charge in [-0.3, -0.25) is 9.59 Å². The molecule has 152 valence electrons. The van der Waals surface area contributed by atoms with E-state index in [1.807, 2.05) is 0 Å². The summed E-state index contributed by atoms with van der Waals surface area (Å²) in [6.45, 7) is 0.968. The maximum Gasteiger partial charge on any atom is 0.247 e. The topological polar surface area (TPSA) is 87.2 Å². The minimum absolute atomic E-state index is 0.00622. The van der Waals surface area contributed by atoms with Gasteiger partial charge in [-0.15, -0.1) is 0 Å². The number of piperazine rings is 2. The fourth-order valence-electron chi connectivity index (χ4n) is 4.11. The van der Waals surface area contributed by atoms with Crippen LogP contribution in [0, 0.1) is 5.82 Å². The Balaban J connectivity index is 1.44. The maximum absolute atomic E-state index is 13.0. The predicted octanol–water partition coefficient (Wildman–Crippen LogP) is -0.202. The van der Waals surface area contributed by atoms with E-state index in [0.717, 1.165) is 11.8 Å². The molecule has 3 aliphatic rings. The molecule has 0 unspecified atom stereocenters. The Morgan fingerprint density at radius 3 is 2.39 bits per heavy atom. The van der Waals surface area contributed by atoms with Crippen LogP contribution in [0.5, 0.6) is 0 Å². The molecule has 0 radical (unpaired) electrons. The second-order valence-electron chi connectivity index (χ2n) is 7.47. The van der Waals surface area contributed by atoms with E-state index < -0.39 is 22.1 Å². The first-order valence-electron chi connectivity index (χ1n) is 9.16. The van der Waals surface area contributed by atoms with Gasteiger partial charge < -0.3 is 14.5 Å². The zero-order valence-corrected chi connectivity index (χ0v) is 16.3. The highest BCUT2D eigenvalue weighted by atomic mass is 32.2. The van der Waals surface area contributed by atoms with Gasteiger partial charge >= 0.3 is 0 Å². The molecule has 3 heterocycles. The van der Waals surface area contributed by atoms with Gasteiger partial charge in [0.05, 0.1) is 19.0 Å². The third-order valence-electron chi connectivity index (χ3n) is 5.61. The highest BCUT2D eigenvalue weighted by Crippen LogP contribution is 2.31. The molecule has 3 atom stereocenters. The Morgan fingerprint density at radius 1 is 1.04 bits per heavy atom. The van der Waals surface area contributed by atoms with E-state index >= 15 is 0 Å². The fourth-order valence-corrected chi connectivity index (χ4v) is 4.93. The van der Waals surface area contributed by atoms with Crippen molar-refractivity contribution in [2.24, 2.45) is 0 Å². The highest BCUT2D eigenvalue weighted by Gasteiger charge is 2.52. The number of carbonyl (C=O) groups excluding carboxylic acids is 2. The lowest BCUT2D eigenvalue weighted by atomic mass is 10.0. The third-order valence-corrected chi connectivity index (χ3v) is 6.88. The van der Waals surface area contributed by atoms with E-state index in [-0.39, 0.29) is 50.0 Å². The SMILES string of the molecule is CS(=O)(=O)N1CCN2C(=O)[C@@H]3C[C@@H](OCc4ccc(F)cc4)CN3C(=O)[C@@H]2C1. The molecule has 28 heavy (non-hydrogen) atoms. The van der Waals surface area contributed by atoms with Gasteiger partial charge in [0.1, 0.15) is 17.9 Å². The number of fused-ring (bicyclic) bond motifs is 2. The molecule has 1 aromatic rings. The van der Waals surface area contributed by atoms with Crippen molar-refractivity contribution in [2.45, 2.75) is 31.2 Å². The number of sulfonamides is 1. The number of amides is 2. The van der Waals surface area contributed by atoms with Crippen molar-refractivity contribution < 1.29 is 27.1 Å². The number of rotatable bonds is 4. The van der Waals surface area contributed by atoms with Gasteiger partial charge in [-0.2, -0.15) is 4.31 Å². The summed E-state index contributed by atoms with van der Waals surface area (Å²) in [5, 5.41) is 0. The molecule has 3 saturated heterocycles. The molecular weight excluding hydrogens is 389 g/mol. The van der Waals surface area contributed by atoms with Crippen LogP contribution >= 0.6 is 0 Å².